The van der Waals surface area contributed by atoms with E-state index in [-0.39, 0.29) is 11.3 Å². The first-order valence-electron chi connectivity index (χ1n) is 8.75. The van der Waals surface area contributed by atoms with Gasteiger partial charge >= 0.3 is 0 Å². The molecule has 4 nitrogen and oxygen atoms in total. The Kier molecular flexibility index (Phi) is 4.72. The van der Waals surface area contributed by atoms with Crippen LogP contribution in [0.25, 0.3) is 5.76 Å². The van der Waals surface area contributed by atoms with Gasteiger partial charge in [0.15, 0.2) is 0 Å². The third kappa shape index (κ3) is 3.08. The van der Waals surface area contributed by atoms with E-state index in [0.29, 0.717) is 21.8 Å². The molecule has 1 N–H and O–H groups in total. The number of hydrogen-bond acceptors (Lipinski definition) is 3. The Morgan fingerprint density at radius 2 is 1.39 bits per heavy atom. The highest BCUT2D eigenvalue weighted by Gasteiger charge is 2.46. The molecule has 28 heavy (non-hydrogen) atoms. The fourth-order valence-electron chi connectivity index (χ4n) is 3.40. The molecule has 1 heterocycles. The number of carbonyl (C=O) groups excluding carboxylic acids is 2. The van der Waals surface area contributed by atoms with Gasteiger partial charge in [-0.3, -0.25) is 14.5 Å². The SMILES string of the molecule is O=C1C(=O)N(c2ccccc2)[C@H](c2ccc(Cl)cc2)C1=C(O)c1ccccc1. The number of para-hydroxylation sites is 1. The van der Waals surface area contributed by atoms with Gasteiger partial charge in [0.25, 0.3) is 11.7 Å². The number of aliphatic hydroxyl groups is 1. The fourth-order valence-corrected chi connectivity index (χ4v) is 3.53. The second kappa shape index (κ2) is 7.33. The smallest absolute Gasteiger partial charge is 0.300 e. The number of ketones is 1. The largest absolute Gasteiger partial charge is 0.507 e. The summed E-state index contributed by atoms with van der Waals surface area (Å²) in [6.45, 7) is 0. The maximum absolute atomic E-state index is 12.9. The number of carbonyl (C=O) groups is 2. The molecular formula is C23H16ClNO3. The highest BCUT2D eigenvalue weighted by atomic mass is 35.5. The number of benzene rings is 3. The van der Waals surface area contributed by atoms with Gasteiger partial charge in [-0.1, -0.05) is 72.3 Å². The number of aliphatic hydroxyl groups excluding tert-OH is 1. The summed E-state index contributed by atoms with van der Waals surface area (Å²) in [5.74, 6) is -1.59. The Hall–Kier alpha value is -3.37. The molecule has 3 aromatic carbocycles. The standard InChI is InChI=1S/C23H16ClNO3/c24-17-13-11-15(12-14-17)20-19(21(26)16-7-3-1-4-8-16)22(27)23(28)25(20)18-9-5-2-6-10-18/h1-14,20,26H/t20-/m1/s1. The fraction of sp³-hybridized carbons (Fsp3) is 0.0435. The van der Waals surface area contributed by atoms with Crippen LogP contribution < -0.4 is 4.90 Å². The Labute approximate surface area is 167 Å². The monoisotopic (exact) mass is 389 g/mol. The molecule has 0 aromatic heterocycles. The predicted octanol–water partition coefficient (Wildman–Crippen LogP) is 4.97. The van der Waals surface area contributed by atoms with E-state index < -0.39 is 17.7 Å². The molecule has 1 saturated heterocycles. The van der Waals surface area contributed by atoms with E-state index in [1.54, 1.807) is 72.8 Å². The van der Waals surface area contributed by atoms with E-state index in [1.165, 1.54) is 4.90 Å². The van der Waals surface area contributed by atoms with E-state index >= 15 is 0 Å². The molecule has 1 aliphatic heterocycles. The number of anilines is 1. The Morgan fingerprint density at radius 3 is 2.00 bits per heavy atom. The van der Waals surface area contributed by atoms with Crippen molar-refractivity contribution in [2.75, 3.05) is 4.90 Å². The second-order valence-electron chi connectivity index (χ2n) is 6.42. The van der Waals surface area contributed by atoms with Crippen LogP contribution in [-0.4, -0.2) is 16.8 Å². The average molecular weight is 390 g/mol. The van der Waals surface area contributed by atoms with Crippen LogP contribution >= 0.6 is 11.6 Å². The van der Waals surface area contributed by atoms with E-state index in [4.69, 9.17) is 11.6 Å². The first-order valence-corrected chi connectivity index (χ1v) is 9.12. The van der Waals surface area contributed by atoms with Gasteiger partial charge in [-0.25, -0.2) is 0 Å². The second-order valence-corrected chi connectivity index (χ2v) is 6.86. The molecule has 4 rings (SSSR count). The molecule has 0 radical (unpaired) electrons. The van der Waals surface area contributed by atoms with Crippen LogP contribution in [0.1, 0.15) is 17.2 Å². The van der Waals surface area contributed by atoms with Crippen molar-refractivity contribution in [2.24, 2.45) is 0 Å². The summed E-state index contributed by atoms with van der Waals surface area (Å²) in [4.78, 5) is 27.2. The molecule has 1 fully saturated rings. The van der Waals surface area contributed by atoms with Crippen molar-refractivity contribution in [1.29, 1.82) is 0 Å². The number of Topliss-reactive ketones (excluding diaryl/α,β-unsaturated/α-hetero) is 1. The average Bonchev–Trinajstić information content (AvgIpc) is 3.00. The summed E-state index contributed by atoms with van der Waals surface area (Å²) in [5, 5.41) is 11.5. The van der Waals surface area contributed by atoms with E-state index in [1.807, 2.05) is 12.1 Å². The summed E-state index contributed by atoms with van der Waals surface area (Å²) in [6.07, 6.45) is 0. The molecule has 1 amide bonds. The lowest BCUT2D eigenvalue weighted by Crippen LogP contribution is -2.29. The zero-order chi connectivity index (χ0) is 19.7. The van der Waals surface area contributed by atoms with Gasteiger partial charge in [0.1, 0.15) is 5.76 Å². The minimum Gasteiger partial charge on any atom is -0.507 e. The van der Waals surface area contributed by atoms with Crippen LogP contribution in [0.15, 0.2) is 90.5 Å². The maximum atomic E-state index is 12.9. The first-order chi connectivity index (χ1) is 13.6. The summed E-state index contributed by atoms with van der Waals surface area (Å²) in [5.41, 5.74) is 1.80. The lowest BCUT2D eigenvalue weighted by molar-refractivity contribution is -0.132. The van der Waals surface area contributed by atoms with Crippen molar-refractivity contribution in [1.82, 2.24) is 0 Å². The topological polar surface area (TPSA) is 57.6 Å². The molecule has 0 unspecified atom stereocenters. The number of hydrogen-bond donors (Lipinski definition) is 1. The predicted molar refractivity (Wildman–Crippen MR) is 109 cm³/mol. The zero-order valence-corrected chi connectivity index (χ0v) is 15.5. The Bertz CT molecular complexity index is 1060. The molecule has 0 bridgehead atoms. The molecule has 5 heteroatoms. The van der Waals surface area contributed by atoms with Crippen LogP contribution in [0.2, 0.25) is 5.02 Å². The van der Waals surface area contributed by atoms with Gasteiger partial charge in [0, 0.05) is 16.3 Å². The first kappa shape index (κ1) is 18.0. The molecule has 0 saturated carbocycles. The van der Waals surface area contributed by atoms with Crippen LogP contribution in [0.4, 0.5) is 5.69 Å². The summed E-state index contributed by atoms with van der Waals surface area (Å²) >= 11 is 6.02. The third-order valence-corrected chi connectivity index (χ3v) is 4.96. The number of amides is 1. The lowest BCUT2D eigenvalue weighted by atomic mass is 9.95. The molecule has 0 aliphatic carbocycles. The molecule has 3 aromatic rings. The van der Waals surface area contributed by atoms with Crippen LogP contribution in [0, 0.1) is 0 Å². The summed E-state index contributed by atoms with van der Waals surface area (Å²) < 4.78 is 0. The van der Waals surface area contributed by atoms with Crippen molar-refractivity contribution in [3.8, 4) is 0 Å². The molecule has 0 spiro atoms. The summed E-state index contributed by atoms with van der Waals surface area (Å²) in [7, 11) is 0. The van der Waals surface area contributed by atoms with Gasteiger partial charge < -0.3 is 5.11 Å². The van der Waals surface area contributed by atoms with E-state index in [9.17, 15) is 14.7 Å². The molecule has 138 valence electrons. The Balaban J connectivity index is 1.95. The van der Waals surface area contributed by atoms with Gasteiger partial charge in [-0.2, -0.15) is 0 Å². The maximum Gasteiger partial charge on any atom is 0.300 e. The normalized spacial score (nSPS) is 18.5. The van der Waals surface area contributed by atoms with E-state index in [0.717, 1.165) is 0 Å². The van der Waals surface area contributed by atoms with Crippen molar-refractivity contribution in [3.05, 3.63) is 107 Å². The van der Waals surface area contributed by atoms with Crippen molar-refractivity contribution < 1.29 is 14.7 Å². The zero-order valence-electron chi connectivity index (χ0n) is 14.7. The summed E-state index contributed by atoms with van der Waals surface area (Å²) in [6, 6.07) is 23.9. The Morgan fingerprint density at radius 1 is 0.821 bits per heavy atom. The lowest BCUT2D eigenvalue weighted by Gasteiger charge is -2.25. The van der Waals surface area contributed by atoms with Crippen LogP contribution in [-0.2, 0) is 9.59 Å². The van der Waals surface area contributed by atoms with Gasteiger partial charge in [-0.05, 0) is 29.8 Å². The number of nitrogens with zero attached hydrogens (tertiary/aromatic N) is 1. The third-order valence-electron chi connectivity index (χ3n) is 4.71. The van der Waals surface area contributed by atoms with Gasteiger partial charge in [0.2, 0.25) is 0 Å². The van der Waals surface area contributed by atoms with Crippen LogP contribution in [0.5, 0.6) is 0 Å². The minimum absolute atomic E-state index is 0.0578. The highest BCUT2D eigenvalue weighted by Crippen LogP contribution is 2.42. The van der Waals surface area contributed by atoms with Crippen molar-refractivity contribution >= 4 is 34.7 Å². The van der Waals surface area contributed by atoms with Crippen molar-refractivity contribution in [3.63, 3.8) is 0 Å². The quantitative estimate of drug-likeness (QED) is 0.391. The van der Waals surface area contributed by atoms with Gasteiger partial charge in [0.05, 0.1) is 11.6 Å². The van der Waals surface area contributed by atoms with Crippen LogP contribution in [0.3, 0.4) is 0 Å². The molecular weight excluding hydrogens is 374 g/mol. The number of rotatable bonds is 3. The molecule has 1 aliphatic rings. The molecule has 1 atom stereocenters. The minimum atomic E-state index is -0.750. The number of halogens is 1. The van der Waals surface area contributed by atoms with Crippen molar-refractivity contribution in [2.45, 2.75) is 6.04 Å². The highest BCUT2D eigenvalue weighted by molar-refractivity contribution is 6.51. The van der Waals surface area contributed by atoms with E-state index in [2.05, 4.69) is 0 Å². The van der Waals surface area contributed by atoms with Gasteiger partial charge in [-0.15, -0.1) is 0 Å².